The molecule has 130 valence electrons. The molecule has 2 aromatic rings. The summed E-state index contributed by atoms with van der Waals surface area (Å²) in [6.45, 7) is 4.54. The smallest absolute Gasteiger partial charge is 0.254 e. The molecule has 1 amide bonds. The Morgan fingerprint density at radius 2 is 2.08 bits per heavy atom. The Balaban J connectivity index is 1.46. The van der Waals surface area contributed by atoms with Crippen LogP contribution in [0.15, 0.2) is 47.8 Å². The van der Waals surface area contributed by atoms with Crippen LogP contribution >= 0.6 is 0 Å². The topological polar surface area (TPSA) is 53.7 Å². The first-order valence-electron chi connectivity index (χ1n) is 8.91. The van der Waals surface area contributed by atoms with Gasteiger partial charge in [-0.05, 0) is 50.1 Å². The summed E-state index contributed by atoms with van der Waals surface area (Å²) >= 11 is 0. The quantitative estimate of drug-likeness (QED) is 0.862. The van der Waals surface area contributed by atoms with Crippen LogP contribution in [0.25, 0.3) is 0 Å². The SMILES string of the molecule is CC1=NN(c2ccc(C(=O)N3CCC[C@H]3Cn3cccn3)cc2)CC1. The van der Waals surface area contributed by atoms with Crippen molar-refractivity contribution in [2.24, 2.45) is 5.10 Å². The second kappa shape index (κ2) is 6.70. The summed E-state index contributed by atoms with van der Waals surface area (Å²) in [5, 5.41) is 10.8. The molecule has 0 unspecified atom stereocenters. The molecule has 1 aromatic carbocycles. The molecule has 4 rings (SSSR count). The van der Waals surface area contributed by atoms with Crippen molar-refractivity contribution in [2.75, 3.05) is 18.1 Å². The Bertz CT molecular complexity index is 766. The molecule has 0 radical (unpaired) electrons. The van der Waals surface area contributed by atoms with E-state index in [2.05, 4.69) is 10.2 Å². The Kier molecular flexibility index (Phi) is 4.26. The van der Waals surface area contributed by atoms with Gasteiger partial charge >= 0.3 is 0 Å². The third-order valence-electron chi connectivity index (χ3n) is 4.98. The average molecular weight is 337 g/mol. The number of aromatic nitrogens is 2. The van der Waals surface area contributed by atoms with Crippen molar-refractivity contribution in [2.45, 2.75) is 38.8 Å². The molecule has 25 heavy (non-hydrogen) atoms. The molecule has 2 aliphatic heterocycles. The number of hydrogen-bond acceptors (Lipinski definition) is 4. The molecule has 1 saturated heterocycles. The van der Waals surface area contributed by atoms with Crippen LogP contribution in [-0.2, 0) is 6.54 Å². The van der Waals surface area contributed by atoms with Crippen molar-refractivity contribution in [1.82, 2.24) is 14.7 Å². The van der Waals surface area contributed by atoms with Crippen molar-refractivity contribution < 1.29 is 4.79 Å². The predicted octanol–water partition coefficient (Wildman–Crippen LogP) is 2.77. The highest BCUT2D eigenvalue weighted by molar-refractivity contribution is 5.95. The first kappa shape index (κ1) is 15.9. The molecule has 3 heterocycles. The molecule has 1 fully saturated rings. The summed E-state index contributed by atoms with van der Waals surface area (Å²) in [4.78, 5) is 14.9. The van der Waals surface area contributed by atoms with Crippen LogP contribution < -0.4 is 5.01 Å². The number of carbonyl (C=O) groups excluding carboxylic acids is 1. The number of amides is 1. The monoisotopic (exact) mass is 337 g/mol. The zero-order valence-corrected chi connectivity index (χ0v) is 14.5. The number of hydrazone groups is 1. The van der Waals surface area contributed by atoms with Crippen LogP contribution in [0.4, 0.5) is 5.69 Å². The summed E-state index contributed by atoms with van der Waals surface area (Å²) in [6, 6.07) is 9.97. The highest BCUT2D eigenvalue weighted by Gasteiger charge is 2.29. The highest BCUT2D eigenvalue weighted by Crippen LogP contribution is 2.24. The summed E-state index contributed by atoms with van der Waals surface area (Å²) < 4.78 is 1.91. The van der Waals surface area contributed by atoms with Crippen LogP contribution in [0.1, 0.15) is 36.5 Å². The summed E-state index contributed by atoms with van der Waals surface area (Å²) in [7, 11) is 0. The van der Waals surface area contributed by atoms with E-state index in [0.717, 1.165) is 55.9 Å². The fraction of sp³-hybridized carbons (Fsp3) is 0.421. The Morgan fingerprint density at radius 3 is 2.76 bits per heavy atom. The van der Waals surface area contributed by atoms with Gasteiger partial charge in [0.1, 0.15) is 0 Å². The molecular formula is C19H23N5O. The van der Waals surface area contributed by atoms with E-state index in [9.17, 15) is 4.79 Å². The van der Waals surface area contributed by atoms with Gasteiger partial charge in [-0.15, -0.1) is 0 Å². The van der Waals surface area contributed by atoms with E-state index in [0.29, 0.717) is 0 Å². The molecule has 1 aromatic heterocycles. The molecule has 6 heteroatoms. The molecule has 2 aliphatic rings. The maximum absolute atomic E-state index is 12.9. The molecule has 6 nitrogen and oxygen atoms in total. The fourth-order valence-corrected chi connectivity index (χ4v) is 3.62. The number of anilines is 1. The van der Waals surface area contributed by atoms with E-state index in [1.807, 2.05) is 58.0 Å². The fourth-order valence-electron chi connectivity index (χ4n) is 3.62. The van der Waals surface area contributed by atoms with Gasteiger partial charge in [0.25, 0.3) is 5.91 Å². The van der Waals surface area contributed by atoms with Crippen molar-refractivity contribution in [1.29, 1.82) is 0 Å². The van der Waals surface area contributed by atoms with E-state index in [4.69, 9.17) is 0 Å². The predicted molar refractivity (Wildman–Crippen MR) is 97.8 cm³/mol. The van der Waals surface area contributed by atoms with Gasteiger partial charge in [-0.1, -0.05) is 0 Å². The molecule has 0 aliphatic carbocycles. The van der Waals surface area contributed by atoms with E-state index in [1.54, 1.807) is 6.20 Å². The Hall–Kier alpha value is -2.63. The lowest BCUT2D eigenvalue weighted by Gasteiger charge is -2.25. The molecular weight excluding hydrogens is 314 g/mol. The number of hydrogen-bond donors (Lipinski definition) is 0. The van der Waals surface area contributed by atoms with Crippen LogP contribution in [0.2, 0.25) is 0 Å². The average Bonchev–Trinajstić information content (AvgIpc) is 3.37. The molecule has 1 atom stereocenters. The standard InChI is InChI=1S/C19H23N5O/c1-15-9-13-24(21-15)17-7-5-16(6-8-17)19(25)23-12-2-4-18(23)14-22-11-3-10-20-22/h3,5-8,10-11,18H,2,4,9,12-14H2,1H3/t18-/m0/s1. The number of benzene rings is 1. The van der Waals surface area contributed by atoms with Crippen LogP contribution in [0.5, 0.6) is 0 Å². The minimum atomic E-state index is 0.113. The zero-order valence-electron chi connectivity index (χ0n) is 14.5. The Morgan fingerprint density at radius 1 is 1.24 bits per heavy atom. The van der Waals surface area contributed by atoms with Gasteiger partial charge in [0.05, 0.1) is 18.3 Å². The first-order valence-corrected chi connectivity index (χ1v) is 8.91. The molecule has 0 spiro atoms. The van der Waals surface area contributed by atoms with E-state index in [1.165, 1.54) is 0 Å². The number of rotatable bonds is 4. The molecule has 0 N–H and O–H groups in total. The van der Waals surface area contributed by atoms with Crippen molar-refractivity contribution >= 4 is 17.3 Å². The largest absolute Gasteiger partial charge is 0.334 e. The second-order valence-electron chi connectivity index (χ2n) is 6.78. The number of nitrogens with zero attached hydrogens (tertiary/aromatic N) is 5. The van der Waals surface area contributed by atoms with Gasteiger partial charge in [0, 0.05) is 43.2 Å². The van der Waals surface area contributed by atoms with Gasteiger partial charge < -0.3 is 4.90 Å². The number of likely N-dealkylation sites (tertiary alicyclic amines) is 1. The van der Waals surface area contributed by atoms with Gasteiger partial charge in [-0.25, -0.2) is 0 Å². The second-order valence-corrected chi connectivity index (χ2v) is 6.78. The molecule has 0 bridgehead atoms. The Labute approximate surface area is 147 Å². The lowest BCUT2D eigenvalue weighted by Crippen LogP contribution is -2.38. The van der Waals surface area contributed by atoms with E-state index in [-0.39, 0.29) is 11.9 Å². The highest BCUT2D eigenvalue weighted by atomic mass is 16.2. The van der Waals surface area contributed by atoms with E-state index < -0.39 is 0 Å². The van der Waals surface area contributed by atoms with Gasteiger partial charge in [0.15, 0.2) is 0 Å². The van der Waals surface area contributed by atoms with Gasteiger partial charge in [-0.2, -0.15) is 10.2 Å². The minimum absolute atomic E-state index is 0.113. The lowest BCUT2D eigenvalue weighted by atomic mass is 10.1. The maximum Gasteiger partial charge on any atom is 0.254 e. The summed E-state index contributed by atoms with van der Waals surface area (Å²) in [5.74, 6) is 0.113. The third kappa shape index (κ3) is 3.29. The third-order valence-corrected chi connectivity index (χ3v) is 4.98. The summed E-state index contributed by atoms with van der Waals surface area (Å²) in [5.41, 5.74) is 2.94. The summed E-state index contributed by atoms with van der Waals surface area (Å²) in [6.07, 6.45) is 6.82. The van der Waals surface area contributed by atoms with Crippen LogP contribution in [0.3, 0.4) is 0 Å². The normalized spacial score (nSPS) is 20.2. The maximum atomic E-state index is 12.9. The van der Waals surface area contributed by atoms with Crippen molar-refractivity contribution in [3.63, 3.8) is 0 Å². The zero-order chi connectivity index (χ0) is 17.2. The van der Waals surface area contributed by atoms with Crippen molar-refractivity contribution in [3.05, 3.63) is 48.3 Å². The van der Waals surface area contributed by atoms with E-state index >= 15 is 0 Å². The number of carbonyl (C=O) groups is 1. The van der Waals surface area contributed by atoms with Crippen LogP contribution in [-0.4, -0.2) is 45.4 Å². The molecule has 0 saturated carbocycles. The minimum Gasteiger partial charge on any atom is -0.334 e. The van der Waals surface area contributed by atoms with Gasteiger partial charge in [-0.3, -0.25) is 14.5 Å². The van der Waals surface area contributed by atoms with Crippen LogP contribution in [0, 0.1) is 0 Å². The van der Waals surface area contributed by atoms with Crippen molar-refractivity contribution in [3.8, 4) is 0 Å². The van der Waals surface area contributed by atoms with Gasteiger partial charge in [0.2, 0.25) is 0 Å². The first-order chi connectivity index (χ1) is 12.2. The lowest BCUT2D eigenvalue weighted by molar-refractivity contribution is 0.0721.